The number of anilines is 1. The van der Waals surface area contributed by atoms with E-state index in [1.165, 1.54) is 6.20 Å². The topological polar surface area (TPSA) is 86.5 Å². The highest BCUT2D eigenvalue weighted by molar-refractivity contribution is 6.08. The van der Waals surface area contributed by atoms with Gasteiger partial charge in [-0.25, -0.2) is 8.78 Å². The molecule has 0 bridgehead atoms. The normalized spacial score (nSPS) is 18.4. The number of aromatic nitrogens is 1. The smallest absolute Gasteiger partial charge is 0.268 e. The van der Waals surface area contributed by atoms with Gasteiger partial charge in [-0.1, -0.05) is 12.1 Å². The molecule has 9 heteroatoms. The molecule has 0 unspecified atom stereocenters. The summed E-state index contributed by atoms with van der Waals surface area (Å²) in [7, 11) is 2.01. The Morgan fingerprint density at radius 3 is 2.75 bits per heavy atom. The summed E-state index contributed by atoms with van der Waals surface area (Å²) in [5.41, 5.74) is 3.88. The molecule has 0 spiro atoms. The number of ketones is 1. The first kappa shape index (κ1) is 23.7. The zero-order valence-corrected chi connectivity index (χ0v) is 19.7. The number of fused-ring (bicyclic) bond motifs is 2. The van der Waals surface area contributed by atoms with Crippen LogP contribution in [0.3, 0.4) is 0 Å². The molecule has 1 fully saturated rings. The number of hydrogen-bond donors (Lipinski definition) is 0. The molecule has 0 N–H and O–H groups in total. The van der Waals surface area contributed by atoms with E-state index in [4.69, 9.17) is 10.00 Å². The van der Waals surface area contributed by atoms with Crippen LogP contribution in [0.25, 0.3) is 22.0 Å². The predicted octanol–water partition coefficient (Wildman–Crippen LogP) is 4.45. The molecule has 0 saturated carbocycles. The van der Waals surface area contributed by atoms with Crippen molar-refractivity contribution in [3.05, 3.63) is 54.2 Å². The summed E-state index contributed by atoms with van der Waals surface area (Å²) in [5.74, 6) is -3.20. The van der Waals surface area contributed by atoms with Crippen LogP contribution in [-0.2, 0) is 4.79 Å². The van der Waals surface area contributed by atoms with E-state index in [2.05, 4.69) is 9.88 Å². The number of halogens is 2. The highest BCUT2D eigenvalue weighted by atomic mass is 19.3. The summed E-state index contributed by atoms with van der Waals surface area (Å²) in [6, 6.07) is 13.8. The first-order chi connectivity index (χ1) is 17.3. The Bertz CT molecular complexity index is 1400. The summed E-state index contributed by atoms with van der Waals surface area (Å²) in [4.78, 5) is 33.0. The molecule has 0 radical (unpaired) electrons. The number of likely N-dealkylation sites (N-methyl/N-ethyl adjacent to an activating group) is 1. The molecule has 7 nitrogen and oxygen atoms in total. The van der Waals surface area contributed by atoms with E-state index >= 15 is 0 Å². The molecular formula is C27H24F2N4O3. The highest BCUT2D eigenvalue weighted by Crippen LogP contribution is 2.36. The molecule has 1 amide bonds. The minimum absolute atomic E-state index is 0.151. The van der Waals surface area contributed by atoms with E-state index < -0.39 is 30.8 Å². The molecule has 1 aromatic heterocycles. The van der Waals surface area contributed by atoms with Crippen LogP contribution >= 0.6 is 0 Å². The molecule has 2 aromatic carbocycles. The van der Waals surface area contributed by atoms with Gasteiger partial charge in [0.2, 0.25) is 5.91 Å². The molecule has 1 atom stereocenters. The lowest BCUT2D eigenvalue weighted by Crippen LogP contribution is -2.36. The number of hydrogen-bond acceptors (Lipinski definition) is 6. The zero-order valence-electron chi connectivity index (χ0n) is 19.7. The Labute approximate surface area is 206 Å². The van der Waals surface area contributed by atoms with Crippen molar-refractivity contribution in [1.29, 1.82) is 5.26 Å². The molecule has 2 aliphatic heterocycles. The van der Waals surface area contributed by atoms with E-state index in [1.54, 1.807) is 12.1 Å². The number of pyridine rings is 1. The molecule has 5 rings (SSSR count). The van der Waals surface area contributed by atoms with E-state index in [1.807, 2.05) is 43.4 Å². The predicted molar refractivity (Wildman–Crippen MR) is 130 cm³/mol. The number of nitriles is 1. The lowest BCUT2D eigenvalue weighted by atomic mass is 9.97. The third-order valence-electron chi connectivity index (χ3n) is 6.74. The van der Waals surface area contributed by atoms with Crippen molar-refractivity contribution >= 4 is 28.3 Å². The number of ether oxygens (including phenoxy) is 1. The molecule has 3 aromatic rings. The van der Waals surface area contributed by atoms with Crippen LogP contribution in [0, 0.1) is 11.3 Å². The number of carbonyl (C=O) groups is 2. The van der Waals surface area contributed by atoms with Crippen LogP contribution in [0.1, 0.15) is 29.6 Å². The number of benzene rings is 2. The van der Waals surface area contributed by atoms with Crippen molar-refractivity contribution in [2.24, 2.45) is 0 Å². The van der Waals surface area contributed by atoms with Crippen LogP contribution in [0.15, 0.2) is 48.7 Å². The molecule has 36 heavy (non-hydrogen) atoms. The van der Waals surface area contributed by atoms with E-state index in [0.717, 1.165) is 34.0 Å². The maximum absolute atomic E-state index is 13.7. The Hall–Kier alpha value is -4.06. The molecule has 3 heterocycles. The lowest BCUT2D eigenvalue weighted by molar-refractivity contribution is -0.132. The zero-order chi connectivity index (χ0) is 25.4. The van der Waals surface area contributed by atoms with Gasteiger partial charge in [0.15, 0.2) is 5.78 Å². The van der Waals surface area contributed by atoms with Gasteiger partial charge >= 0.3 is 0 Å². The van der Waals surface area contributed by atoms with Gasteiger partial charge in [-0.3, -0.25) is 14.6 Å². The van der Waals surface area contributed by atoms with Crippen LogP contribution in [0.4, 0.5) is 14.5 Å². The molecule has 184 valence electrons. The Morgan fingerprint density at radius 1 is 1.17 bits per heavy atom. The molecular weight excluding hydrogens is 466 g/mol. The first-order valence-electron chi connectivity index (χ1n) is 11.7. The fraction of sp³-hybridized carbons (Fsp3) is 0.333. The maximum Gasteiger partial charge on any atom is 0.268 e. The van der Waals surface area contributed by atoms with Crippen molar-refractivity contribution in [2.75, 3.05) is 31.6 Å². The van der Waals surface area contributed by atoms with Crippen molar-refractivity contribution in [3.63, 3.8) is 0 Å². The van der Waals surface area contributed by atoms with Crippen molar-refractivity contribution in [2.45, 2.75) is 31.2 Å². The highest BCUT2D eigenvalue weighted by Gasteiger charge is 2.47. The van der Waals surface area contributed by atoms with Gasteiger partial charge < -0.3 is 14.5 Å². The van der Waals surface area contributed by atoms with Crippen LogP contribution in [0.5, 0.6) is 5.75 Å². The summed E-state index contributed by atoms with van der Waals surface area (Å²) in [6.07, 6.45) is 0.463. The standard InChI is InChI=1S/C27H24F2N4O3/c1-32-10-11-36-25-13-18(3-5-23(25)32)17-2-4-22-21(12-17)20(8-9-31-22)24(34)6-7-26(35)33-16-27(28,29)14-19(33)15-30/h2-5,8-9,12-13,19H,6-7,10-11,14,16H2,1H3/t19-/m0/s1. The first-order valence-corrected chi connectivity index (χ1v) is 11.7. The third kappa shape index (κ3) is 4.47. The summed E-state index contributed by atoms with van der Waals surface area (Å²) in [5, 5.41) is 9.77. The third-order valence-corrected chi connectivity index (χ3v) is 6.74. The summed E-state index contributed by atoms with van der Waals surface area (Å²) in [6.45, 7) is 0.634. The number of amides is 1. The van der Waals surface area contributed by atoms with Gasteiger partial charge in [-0.05, 0) is 41.5 Å². The average molecular weight is 491 g/mol. The fourth-order valence-electron chi connectivity index (χ4n) is 4.80. The van der Waals surface area contributed by atoms with E-state index in [0.29, 0.717) is 23.1 Å². The minimum Gasteiger partial charge on any atom is -0.490 e. The van der Waals surface area contributed by atoms with Crippen molar-refractivity contribution < 1.29 is 23.1 Å². The maximum atomic E-state index is 13.7. The quantitative estimate of drug-likeness (QED) is 0.491. The summed E-state index contributed by atoms with van der Waals surface area (Å²) >= 11 is 0. The average Bonchev–Trinajstić information content (AvgIpc) is 3.21. The van der Waals surface area contributed by atoms with E-state index in [-0.39, 0.29) is 18.6 Å². The number of alkyl halides is 2. The van der Waals surface area contributed by atoms with Crippen molar-refractivity contribution in [1.82, 2.24) is 9.88 Å². The molecule has 0 aliphatic carbocycles. The van der Waals surface area contributed by atoms with Gasteiger partial charge in [-0.2, -0.15) is 5.26 Å². The summed E-state index contributed by atoms with van der Waals surface area (Å²) < 4.78 is 33.2. The Kier molecular flexibility index (Phi) is 6.04. The minimum atomic E-state index is -3.09. The lowest BCUT2D eigenvalue weighted by Gasteiger charge is -2.28. The Morgan fingerprint density at radius 2 is 1.94 bits per heavy atom. The number of nitrogens with zero attached hydrogens (tertiary/aromatic N) is 4. The Balaban J connectivity index is 1.38. The number of likely N-dealkylation sites (tertiary alicyclic amines) is 1. The van der Waals surface area contributed by atoms with Gasteiger partial charge in [0.25, 0.3) is 5.92 Å². The van der Waals surface area contributed by atoms with Gasteiger partial charge in [0, 0.05) is 43.5 Å². The number of carbonyl (C=O) groups excluding carboxylic acids is 2. The second-order valence-electron chi connectivity index (χ2n) is 9.19. The SMILES string of the molecule is CN1CCOc2cc(-c3ccc4nccc(C(=O)CCC(=O)N5CC(F)(F)C[C@H]5C#N)c4c3)ccc21. The van der Waals surface area contributed by atoms with E-state index in [9.17, 15) is 18.4 Å². The molecule has 2 aliphatic rings. The monoisotopic (exact) mass is 490 g/mol. The van der Waals surface area contributed by atoms with Gasteiger partial charge in [-0.15, -0.1) is 0 Å². The van der Waals surface area contributed by atoms with Crippen LogP contribution in [-0.4, -0.2) is 60.3 Å². The van der Waals surface area contributed by atoms with Gasteiger partial charge in [0.1, 0.15) is 18.4 Å². The number of rotatable bonds is 5. The fourth-order valence-corrected chi connectivity index (χ4v) is 4.80. The van der Waals surface area contributed by atoms with Crippen molar-refractivity contribution in [3.8, 4) is 22.9 Å². The van der Waals surface area contributed by atoms with Crippen LogP contribution in [0.2, 0.25) is 0 Å². The number of Topliss-reactive ketones (excluding diaryl/α,β-unsaturated/α-hetero) is 1. The van der Waals surface area contributed by atoms with Gasteiger partial charge in [0.05, 0.1) is 30.4 Å². The van der Waals surface area contributed by atoms with Crippen LogP contribution < -0.4 is 9.64 Å². The molecule has 1 saturated heterocycles. The largest absolute Gasteiger partial charge is 0.490 e. The second-order valence-corrected chi connectivity index (χ2v) is 9.19. The second kappa shape index (κ2) is 9.19.